The fourth-order valence-corrected chi connectivity index (χ4v) is 4.69. The lowest BCUT2D eigenvalue weighted by molar-refractivity contribution is -0.127. The summed E-state index contributed by atoms with van der Waals surface area (Å²) in [4.78, 5) is 28.0. The van der Waals surface area contributed by atoms with Gasteiger partial charge in [-0.05, 0) is 76.3 Å². The third-order valence-electron chi connectivity index (χ3n) is 5.48. The largest absolute Gasteiger partial charge is 0.491 e. The molecule has 0 saturated carbocycles. The molecule has 1 saturated heterocycles. The topological polar surface area (TPSA) is 58.6 Å². The van der Waals surface area contributed by atoms with Crippen LogP contribution in [0, 0.1) is 0 Å². The summed E-state index contributed by atoms with van der Waals surface area (Å²) in [6, 6.07) is 15.7. The van der Waals surface area contributed by atoms with Gasteiger partial charge in [0.05, 0.1) is 17.4 Å². The molecule has 1 heterocycles. The van der Waals surface area contributed by atoms with Crippen LogP contribution >= 0.6 is 11.8 Å². The summed E-state index contributed by atoms with van der Waals surface area (Å²) in [5.41, 5.74) is 1.85. The molecule has 2 aromatic rings. The van der Waals surface area contributed by atoms with Gasteiger partial charge in [-0.2, -0.15) is 0 Å². The van der Waals surface area contributed by atoms with E-state index in [9.17, 15) is 9.59 Å². The molecule has 1 aliphatic heterocycles. The molecule has 6 heteroatoms. The van der Waals surface area contributed by atoms with Crippen molar-refractivity contribution in [1.29, 1.82) is 0 Å². The summed E-state index contributed by atoms with van der Waals surface area (Å²) < 4.78 is 5.69. The highest BCUT2D eigenvalue weighted by Crippen LogP contribution is 2.24. The second-order valence-electron chi connectivity index (χ2n) is 8.60. The Hall–Kier alpha value is -2.47. The monoisotopic (exact) mass is 454 g/mol. The van der Waals surface area contributed by atoms with Crippen LogP contribution in [0.4, 0.5) is 0 Å². The van der Waals surface area contributed by atoms with Gasteiger partial charge >= 0.3 is 0 Å². The van der Waals surface area contributed by atoms with Gasteiger partial charge < -0.3 is 15.0 Å². The lowest BCUT2D eigenvalue weighted by atomic mass is 10.1. The first-order valence-electron chi connectivity index (χ1n) is 11.5. The van der Waals surface area contributed by atoms with Crippen molar-refractivity contribution in [2.75, 3.05) is 18.8 Å². The minimum absolute atomic E-state index is 0.0402. The molecule has 1 atom stereocenters. The van der Waals surface area contributed by atoms with Crippen molar-refractivity contribution >= 4 is 23.6 Å². The number of hydrogen-bond donors (Lipinski definition) is 1. The van der Waals surface area contributed by atoms with E-state index >= 15 is 0 Å². The smallest absolute Gasteiger partial charge is 0.252 e. The minimum atomic E-state index is -0.0881. The second kappa shape index (κ2) is 12.0. The van der Waals surface area contributed by atoms with Crippen LogP contribution in [0.2, 0.25) is 0 Å². The van der Waals surface area contributed by atoms with E-state index in [-0.39, 0.29) is 24.0 Å². The molecule has 32 heavy (non-hydrogen) atoms. The average Bonchev–Trinajstić information content (AvgIpc) is 3.32. The molecule has 172 valence electrons. The number of nitrogens with one attached hydrogen (secondary N) is 1. The summed E-state index contributed by atoms with van der Waals surface area (Å²) >= 11 is 1.45. The Bertz CT molecular complexity index is 892. The predicted octanol–water partition coefficient (Wildman–Crippen LogP) is 4.94. The maximum Gasteiger partial charge on any atom is 0.252 e. The number of amides is 2. The van der Waals surface area contributed by atoms with E-state index in [1.807, 2.05) is 62.1 Å². The Morgan fingerprint density at radius 3 is 2.41 bits per heavy atom. The first-order chi connectivity index (χ1) is 15.4. The molecule has 0 radical (unpaired) electrons. The van der Waals surface area contributed by atoms with Gasteiger partial charge in [-0.3, -0.25) is 9.59 Å². The van der Waals surface area contributed by atoms with Crippen LogP contribution < -0.4 is 10.1 Å². The summed E-state index contributed by atoms with van der Waals surface area (Å²) in [6.45, 7) is 7.76. The molecule has 0 spiro atoms. The molecular weight excluding hydrogens is 420 g/mol. The van der Waals surface area contributed by atoms with E-state index in [0.29, 0.717) is 11.3 Å². The first kappa shape index (κ1) is 24.2. The normalized spacial score (nSPS) is 14.4. The van der Waals surface area contributed by atoms with Crippen molar-refractivity contribution in [1.82, 2.24) is 10.2 Å². The predicted molar refractivity (Wildman–Crippen MR) is 130 cm³/mol. The Balaban J connectivity index is 1.49. The van der Waals surface area contributed by atoms with Gasteiger partial charge in [-0.1, -0.05) is 24.3 Å². The van der Waals surface area contributed by atoms with Gasteiger partial charge in [0.2, 0.25) is 5.91 Å². The van der Waals surface area contributed by atoms with Crippen LogP contribution in [-0.2, 0) is 11.2 Å². The summed E-state index contributed by atoms with van der Waals surface area (Å²) in [7, 11) is 0. The molecule has 1 aliphatic rings. The lowest BCUT2D eigenvalue weighted by Crippen LogP contribution is -2.33. The quantitative estimate of drug-likeness (QED) is 0.517. The summed E-state index contributed by atoms with van der Waals surface area (Å²) in [6.07, 6.45) is 4.06. The molecule has 1 N–H and O–H groups in total. The number of carbonyl (C=O) groups excluding carboxylic acids is 2. The number of rotatable bonds is 10. The van der Waals surface area contributed by atoms with Crippen molar-refractivity contribution in [3.8, 4) is 5.75 Å². The van der Waals surface area contributed by atoms with Crippen molar-refractivity contribution in [3.05, 3.63) is 59.7 Å². The first-order valence-corrected chi connectivity index (χ1v) is 12.5. The number of thioether (sulfide) groups is 1. The Morgan fingerprint density at radius 1 is 1.03 bits per heavy atom. The Labute approximate surface area is 195 Å². The molecule has 0 aliphatic carbocycles. The highest BCUT2D eigenvalue weighted by atomic mass is 32.2. The Morgan fingerprint density at radius 2 is 1.72 bits per heavy atom. The molecule has 0 bridgehead atoms. The Kier molecular flexibility index (Phi) is 9.03. The summed E-state index contributed by atoms with van der Waals surface area (Å²) in [5.74, 6) is 1.31. The fourth-order valence-electron chi connectivity index (χ4n) is 3.74. The maximum absolute atomic E-state index is 12.9. The van der Waals surface area contributed by atoms with Gasteiger partial charge in [-0.15, -0.1) is 11.8 Å². The maximum atomic E-state index is 12.9. The van der Waals surface area contributed by atoms with Crippen LogP contribution in [0.5, 0.6) is 5.75 Å². The molecule has 5 nitrogen and oxygen atoms in total. The number of nitrogens with zero attached hydrogens (tertiary/aromatic N) is 1. The number of carbonyl (C=O) groups is 2. The standard InChI is InChI=1S/C26H34N2O3S/c1-19(2)31-22-14-12-21(13-15-22)11-10-20(3)27-26(30)23-8-4-5-9-24(23)32-18-25(29)28-16-6-7-17-28/h4-5,8-9,12-15,19-20H,6-7,10-11,16-18H2,1-3H3,(H,27,30). The van der Waals surface area contributed by atoms with Crippen LogP contribution in [-0.4, -0.2) is 47.7 Å². The number of ether oxygens (including phenoxy) is 1. The molecule has 0 aromatic heterocycles. The number of hydrogen-bond acceptors (Lipinski definition) is 4. The summed E-state index contributed by atoms with van der Waals surface area (Å²) in [5, 5.41) is 3.11. The van der Waals surface area contributed by atoms with Crippen LogP contribution in [0.1, 0.15) is 56.0 Å². The highest BCUT2D eigenvalue weighted by molar-refractivity contribution is 8.00. The zero-order valence-electron chi connectivity index (χ0n) is 19.3. The fraction of sp³-hybridized carbons (Fsp3) is 0.462. The van der Waals surface area contributed by atoms with Gasteiger partial charge in [0, 0.05) is 24.0 Å². The van der Waals surface area contributed by atoms with Gasteiger partial charge in [-0.25, -0.2) is 0 Å². The van der Waals surface area contributed by atoms with Crippen molar-refractivity contribution in [2.45, 2.75) is 63.5 Å². The van der Waals surface area contributed by atoms with E-state index in [2.05, 4.69) is 17.4 Å². The molecule has 2 amide bonds. The van der Waals surface area contributed by atoms with Crippen LogP contribution in [0.25, 0.3) is 0 Å². The molecule has 1 fully saturated rings. The average molecular weight is 455 g/mol. The van der Waals surface area contributed by atoms with E-state index < -0.39 is 0 Å². The van der Waals surface area contributed by atoms with Crippen LogP contribution in [0.15, 0.2) is 53.4 Å². The molecule has 3 rings (SSSR count). The number of likely N-dealkylation sites (tertiary alicyclic amines) is 1. The zero-order chi connectivity index (χ0) is 22.9. The van der Waals surface area contributed by atoms with Crippen molar-refractivity contribution in [2.24, 2.45) is 0 Å². The second-order valence-corrected chi connectivity index (χ2v) is 9.61. The van der Waals surface area contributed by atoms with E-state index in [0.717, 1.165) is 49.4 Å². The van der Waals surface area contributed by atoms with E-state index in [1.165, 1.54) is 17.3 Å². The third-order valence-corrected chi connectivity index (χ3v) is 6.54. The van der Waals surface area contributed by atoms with E-state index in [1.54, 1.807) is 0 Å². The third kappa shape index (κ3) is 7.30. The van der Waals surface area contributed by atoms with Crippen molar-refractivity contribution < 1.29 is 14.3 Å². The zero-order valence-corrected chi connectivity index (χ0v) is 20.1. The number of benzene rings is 2. The SMILES string of the molecule is CC(CCc1ccc(OC(C)C)cc1)NC(=O)c1ccccc1SCC(=O)N1CCCC1. The number of aryl methyl sites for hydroxylation is 1. The van der Waals surface area contributed by atoms with Gasteiger partial charge in [0.25, 0.3) is 5.91 Å². The lowest BCUT2D eigenvalue weighted by Gasteiger charge is -2.17. The van der Waals surface area contributed by atoms with E-state index in [4.69, 9.17) is 4.74 Å². The minimum Gasteiger partial charge on any atom is -0.491 e. The molecular formula is C26H34N2O3S. The molecule has 1 unspecified atom stereocenters. The van der Waals surface area contributed by atoms with Gasteiger partial charge in [0.15, 0.2) is 0 Å². The molecule has 2 aromatic carbocycles. The highest BCUT2D eigenvalue weighted by Gasteiger charge is 2.19. The van der Waals surface area contributed by atoms with Gasteiger partial charge in [0.1, 0.15) is 5.75 Å². The van der Waals surface area contributed by atoms with Crippen LogP contribution in [0.3, 0.4) is 0 Å². The van der Waals surface area contributed by atoms with Crippen molar-refractivity contribution in [3.63, 3.8) is 0 Å².